The van der Waals surface area contributed by atoms with Gasteiger partial charge in [0, 0.05) is 0 Å². The number of aliphatic hydroxyl groups is 2. The summed E-state index contributed by atoms with van der Waals surface area (Å²) < 4.78 is 26.2. The van der Waals surface area contributed by atoms with Gasteiger partial charge in [0.05, 0.1) is 13.2 Å². The van der Waals surface area contributed by atoms with E-state index in [0.29, 0.717) is 6.61 Å². The maximum atomic E-state index is 10.7. The highest BCUT2D eigenvalue weighted by molar-refractivity contribution is 6.83. The molecule has 0 spiro atoms. The van der Waals surface area contributed by atoms with Crippen molar-refractivity contribution in [1.29, 1.82) is 0 Å². The predicted octanol–water partition coefficient (Wildman–Crippen LogP) is 3.06. The van der Waals surface area contributed by atoms with Gasteiger partial charge in [0.25, 0.3) is 0 Å². The molecule has 154 valence electrons. The van der Waals surface area contributed by atoms with Crippen molar-refractivity contribution in [3.05, 3.63) is 0 Å². The van der Waals surface area contributed by atoms with E-state index in [0.717, 1.165) is 0 Å². The molecule has 0 radical (unpaired) electrons. The first-order valence-corrected chi connectivity index (χ1v) is 13.9. The lowest BCUT2D eigenvalue weighted by atomic mass is 10.1. The molecule has 0 unspecified atom stereocenters. The topological polar surface area (TPSA) is 77.4 Å². The molecule has 2 N–H and O–H groups in total. The normalized spacial score (nSPS) is 34.4. The van der Waals surface area contributed by atoms with Gasteiger partial charge in [-0.3, -0.25) is 0 Å². The second kappa shape index (κ2) is 8.28. The predicted molar refractivity (Wildman–Crippen MR) is 106 cm³/mol. The standard InChI is InChI=1S/C18H38O6Si2/c1-11(2)25(12(3)4)21-10-16-18(17(20)15(9-19)22-16)23-26(24-25,13(5)6)14(7)8/h11-20H,9-10H2,1-8H3/t15-,16-,17-,18-/m1/s1. The Kier molecular flexibility index (Phi) is 7.16. The van der Waals surface area contributed by atoms with Gasteiger partial charge in [0.2, 0.25) is 0 Å². The third kappa shape index (κ3) is 3.71. The molecule has 0 amide bonds. The van der Waals surface area contributed by atoms with Crippen molar-refractivity contribution in [2.24, 2.45) is 0 Å². The Bertz CT molecular complexity index is 455. The Labute approximate surface area is 160 Å². The van der Waals surface area contributed by atoms with Crippen LogP contribution < -0.4 is 0 Å². The van der Waals surface area contributed by atoms with E-state index in [1.807, 2.05) is 0 Å². The van der Waals surface area contributed by atoms with Crippen LogP contribution in [0.15, 0.2) is 0 Å². The van der Waals surface area contributed by atoms with E-state index < -0.39 is 35.4 Å². The van der Waals surface area contributed by atoms with E-state index in [9.17, 15) is 10.2 Å². The molecule has 0 saturated carbocycles. The summed E-state index contributed by atoms with van der Waals surface area (Å²) >= 11 is 0. The van der Waals surface area contributed by atoms with E-state index in [-0.39, 0.29) is 34.9 Å². The van der Waals surface area contributed by atoms with Gasteiger partial charge in [-0.2, -0.15) is 0 Å². The van der Waals surface area contributed by atoms with Gasteiger partial charge >= 0.3 is 17.1 Å². The summed E-state index contributed by atoms with van der Waals surface area (Å²) in [6, 6.07) is 0. The molecule has 0 aliphatic carbocycles. The highest BCUT2D eigenvalue weighted by Crippen LogP contribution is 2.47. The number of fused-ring (bicyclic) bond motifs is 1. The molecule has 26 heavy (non-hydrogen) atoms. The van der Waals surface area contributed by atoms with Gasteiger partial charge in [0.1, 0.15) is 24.4 Å². The van der Waals surface area contributed by atoms with E-state index in [1.165, 1.54) is 0 Å². The minimum absolute atomic E-state index is 0.203. The van der Waals surface area contributed by atoms with Crippen LogP contribution in [0.25, 0.3) is 0 Å². The van der Waals surface area contributed by atoms with Gasteiger partial charge in [0.15, 0.2) is 0 Å². The van der Waals surface area contributed by atoms with Crippen LogP contribution in [0.4, 0.5) is 0 Å². The van der Waals surface area contributed by atoms with E-state index in [1.54, 1.807) is 0 Å². The molecule has 0 aromatic carbocycles. The minimum Gasteiger partial charge on any atom is -0.414 e. The Hall–Kier alpha value is 0.194. The Morgan fingerprint density at radius 1 is 0.885 bits per heavy atom. The zero-order chi connectivity index (χ0) is 19.9. The van der Waals surface area contributed by atoms with Crippen molar-refractivity contribution in [1.82, 2.24) is 0 Å². The minimum atomic E-state index is -2.74. The van der Waals surface area contributed by atoms with Crippen LogP contribution in [0.1, 0.15) is 55.4 Å². The third-order valence-electron chi connectivity index (χ3n) is 5.94. The Morgan fingerprint density at radius 3 is 1.81 bits per heavy atom. The molecule has 2 fully saturated rings. The van der Waals surface area contributed by atoms with Crippen LogP contribution in [-0.2, 0) is 17.7 Å². The molecule has 4 atom stereocenters. The molecule has 8 heteroatoms. The molecular formula is C18H38O6Si2. The van der Waals surface area contributed by atoms with Gasteiger partial charge in [-0.1, -0.05) is 55.4 Å². The van der Waals surface area contributed by atoms with Crippen molar-refractivity contribution in [3.8, 4) is 0 Å². The summed E-state index contributed by atoms with van der Waals surface area (Å²) in [5, 5.41) is 20.2. The molecule has 0 bridgehead atoms. The fraction of sp³-hybridized carbons (Fsp3) is 1.00. The van der Waals surface area contributed by atoms with Crippen molar-refractivity contribution in [2.75, 3.05) is 13.2 Å². The number of aliphatic hydroxyl groups excluding tert-OH is 2. The van der Waals surface area contributed by atoms with Crippen LogP contribution in [0.5, 0.6) is 0 Å². The summed E-state index contributed by atoms with van der Waals surface area (Å²) in [7, 11) is -5.32. The summed E-state index contributed by atoms with van der Waals surface area (Å²) in [5.41, 5.74) is 0.947. The number of ether oxygens (including phenoxy) is 1. The monoisotopic (exact) mass is 406 g/mol. The largest absolute Gasteiger partial charge is 0.414 e. The summed E-state index contributed by atoms with van der Waals surface area (Å²) in [4.78, 5) is 0. The quantitative estimate of drug-likeness (QED) is 0.683. The van der Waals surface area contributed by atoms with Gasteiger partial charge in [-0.15, -0.1) is 0 Å². The molecule has 2 aliphatic heterocycles. The van der Waals surface area contributed by atoms with Crippen LogP contribution in [0.3, 0.4) is 0 Å². The average Bonchev–Trinajstić information content (AvgIpc) is 2.81. The summed E-state index contributed by atoms with van der Waals surface area (Å²) in [5.74, 6) is 0. The van der Waals surface area contributed by atoms with Crippen LogP contribution in [-0.4, -0.2) is 65.0 Å². The van der Waals surface area contributed by atoms with Gasteiger partial charge < -0.3 is 27.9 Å². The molecule has 0 aromatic heterocycles. The number of hydrogen-bond acceptors (Lipinski definition) is 6. The first-order valence-electron chi connectivity index (χ1n) is 9.98. The molecule has 2 heterocycles. The number of rotatable bonds is 5. The first kappa shape index (κ1) is 22.5. The second-order valence-corrected chi connectivity index (χ2v) is 17.8. The van der Waals surface area contributed by atoms with Gasteiger partial charge in [-0.25, -0.2) is 0 Å². The lowest BCUT2D eigenvalue weighted by Gasteiger charge is -2.51. The first-order chi connectivity index (χ1) is 12.0. The second-order valence-electron chi connectivity index (χ2n) is 8.94. The molecule has 2 saturated heterocycles. The highest BCUT2D eigenvalue weighted by atomic mass is 28.5. The maximum absolute atomic E-state index is 10.7. The van der Waals surface area contributed by atoms with Gasteiger partial charge in [-0.05, 0) is 22.2 Å². The Morgan fingerprint density at radius 2 is 1.38 bits per heavy atom. The number of hydrogen-bond donors (Lipinski definition) is 2. The van der Waals surface area contributed by atoms with Crippen molar-refractivity contribution >= 4 is 17.1 Å². The maximum Gasteiger partial charge on any atom is 0.335 e. The SMILES string of the molecule is CC(C)[Si]1(C(C)C)OC[C@H]2O[C@H](CO)[C@@H](O)[C@@H]2O[Si](C(C)C)(C(C)C)O1. The fourth-order valence-electron chi connectivity index (χ4n) is 4.38. The smallest absolute Gasteiger partial charge is 0.335 e. The van der Waals surface area contributed by atoms with Crippen LogP contribution in [0.2, 0.25) is 22.2 Å². The molecule has 2 rings (SSSR count). The van der Waals surface area contributed by atoms with Crippen molar-refractivity contribution < 1.29 is 27.9 Å². The lowest BCUT2D eigenvalue weighted by molar-refractivity contribution is -0.0482. The van der Waals surface area contributed by atoms with E-state index in [2.05, 4.69) is 55.4 Å². The van der Waals surface area contributed by atoms with E-state index >= 15 is 0 Å². The lowest BCUT2D eigenvalue weighted by Crippen LogP contribution is -2.65. The van der Waals surface area contributed by atoms with Crippen molar-refractivity contribution in [2.45, 2.75) is 102 Å². The highest BCUT2D eigenvalue weighted by Gasteiger charge is 2.61. The zero-order valence-electron chi connectivity index (χ0n) is 17.6. The summed E-state index contributed by atoms with van der Waals surface area (Å²) in [6.07, 6.45) is -2.39. The molecule has 6 nitrogen and oxygen atoms in total. The van der Waals surface area contributed by atoms with E-state index in [4.69, 9.17) is 17.7 Å². The molecular weight excluding hydrogens is 368 g/mol. The molecule has 2 aliphatic rings. The molecule has 0 aromatic rings. The fourth-order valence-corrected chi connectivity index (χ4v) is 15.6. The third-order valence-corrected chi connectivity index (χ3v) is 16.2. The van der Waals surface area contributed by atoms with Crippen molar-refractivity contribution in [3.63, 3.8) is 0 Å². The van der Waals surface area contributed by atoms with Crippen LogP contribution in [0, 0.1) is 0 Å². The zero-order valence-corrected chi connectivity index (χ0v) is 19.6. The van der Waals surface area contributed by atoms with Crippen LogP contribution >= 0.6 is 0 Å². The average molecular weight is 407 g/mol. The summed E-state index contributed by atoms with van der Waals surface area (Å²) in [6.45, 7) is 17.4. The Balaban J connectivity index is 2.52.